The first-order valence-electron chi connectivity index (χ1n) is 5.15. The van der Waals surface area contributed by atoms with Crippen LogP contribution < -0.4 is 11.3 Å². The first-order valence-corrected chi connectivity index (χ1v) is 7.55. The van der Waals surface area contributed by atoms with Crippen LogP contribution in [0.2, 0.25) is 0 Å². The van der Waals surface area contributed by atoms with Crippen molar-refractivity contribution in [1.82, 2.24) is 5.43 Å². The zero-order valence-corrected chi connectivity index (χ0v) is 13.0. The van der Waals surface area contributed by atoms with E-state index >= 15 is 0 Å². The second-order valence-corrected chi connectivity index (χ2v) is 7.14. The number of nitrogens with two attached hydrogens (primary N) is 1. The van der Waals surface area contributed by atoms with Gasteiger partial charge in [-0.15, -0.1) is 11.3 Å². The lowest BCUT2D eigenvalue weighted by atomic mass is 10.0. The summed E-state index contributed by atoms with van der Waals surface area (Å²) in [4.78, 5) is 1.31. The van der Waals surface area contributed by atoms with Crippen LogP contribution in [0.1, 0.15) is 16.5 Å². The Morgan fingerprint density at radius 1 is 1.12 bits per heavy atom. The number of nitrogens with one attached hydrogen (secondary N) is 1. The van der Waals surface area contributed by atoms with E-state index in [1.807, 2.05) is 12.1 Å². The molecule has 0 saturated heterocycles. The number of hydrogen-bond donors (Lipinski definition) is 2. The molecule has 0 saturated carbocycles. The molecule has 0 fully saturated rings. The highest BCUT2D eigenvalue weighted by molar-refractivity contribution is 9.11. The number of thiophene rings is 1. The average molecular weight is 376 g/mol. The van der Waals surface area contributed by atoms with Gasteiger partial charge in [0.25, 0.3) is 0 Å². The first-order chi connectivity index (χ1) is 8.19. The average Bonchev–Trinajstić information content (AvgIpc) is 2.73. The van der Waals surface area contributed by atoms with E-state index in [1.54, 1.807) is 11.3 Å². The molecule has 0 amide bonds. The van der Waals surface area contributed by atoms with Gasteiger partial charge in [-0.1, -0.05) is 28.1 Å². The van der Waals surface area contributed by atoms with Gasteiger partial charge in [0.15, 0.2) is 0 Å². The van der Waals surface area contributed by atoms with Gasteiger partial charge in [0.05, 0.1) is 9.83 Å². The highest BCUT2D eigenvalue weighted by Gasteiger charge is 2.11. The summed E-state index contributed by atoms with van der Waals surface area (Å²) < 4.78 is 2.23. The Balaban J connectivity index is 2.13. The third-order valence-corrected chi connectivity index (χ3v) is 4.68. The molecule has 1 aromatic carbocycles. The summed E-state index contributed by atoms with van der Waals surface area (Å²) in [5.74, 6) is 5.63. The van der Waals surface area contributed by atoms with Crippen molar-refractivity contribution in [3.8, 4) is 0 Å². The molecule has 0 radical (unpaired) electrons. The minimum absolute atomic E-state index is 0.147. The summed E-state index contributed by atoms with van der Waals surface area (Å²) in [5.41, 5.74) is 4.07. The van der Waals surface area contributed by atoms with Crippen molar-refractivity contribution in [1.29, 1.82) is 0 Å². The topological polar surface area (TPSA) is 38.0 Å². The van der Waals surface area contributed by atoms with E-state index in [4.69, 9.17) is 5.84 Å². The largest absolute Gasteiger partial charge is 0.271 e. The summed E-state index contributed by atoms with van der Waals surface area (Å²) in [7, 11) is 0. The maximum atomic E-state index is 5.63. The van der Waals surface area contributed by atoms with Crippen molar-refractivity contribution in [2.75, 3.05) is 0 Å². The Hall–Kier alpha value is -0.200. The molecule has 1 aromatic heterocycles. The zero-order chi connectivity index (χ0) is 12.3. The summed E-state index contributed by atoms with van der Waals surface area (Å²) >= 11 is 8.64. The van der Waals surface area contributed by atoms with Crippen LogP contribution in [0.4, 0.5) is 0 Å². The van der Waals surface area contributed by atoms with E-state index in [-0.39, 0.29) is 6.04 Å². The van der Waals surface area contributed by atoms with Crippen molar-refractivity contribution < 1.29 is 0 Å². The van der Waals surface area contributed by atoms with Gasteiger partial charge in [0.2, 0.25) is 0 Å². The van der Waals surface area contributed by atoms with Gasteiger partial charge < -0.3 is 0 Å². The van der Waals surface area contributed by atoms with E-state index in [0.29, 0.717) is 0 Å². The molecule has 0 aliphatic heterocycles. The lowest BCUT2D eigenvalue weighted by Gasteiger charge is -2.15. The molecule has 0 aliphatic carbocycles. The van der Waals surface area contributed by atoms with Crippen LogP contribution in [0, 0.1) is 0 Å². The van der Waals surface area contributed by atoms with Crippen molar-refractivity contribution >= 4 is 43.2 Å². The van der Waals surface area contributed by atoms with E-state index in [0.717, 1.165) is 14.7 Å². The molecule has 5 heteroatoms. The summed E-state index contributed by atoms with van der Waals surface area (Å²) in [5, 5.41) is 0. The SMILES string of the molecule is NNC(Cc1ccc(Br)s1)c1ccc(Br)cc1. The molecule has 17 heavy (non-hydrogen) atoms. The minimum atomic E-state index is 0.147. The molecule has 0 spiro atoms. The summed E-state index contributed by atoms with van der Waals surface area (Å²) in [6.45, 7) is 0. The Morgan fingerprint density at radius 2 is 1.82 bits per heavy atom. The summed E-state index contributed by atoms with van der Waals surface area (Å²) in [6, 6.07) is 12.6. The quantitative estimate of drug-likeness (QED) is 0.625. The lowest BCUT2D eigenvalue weighted by molar-refractivity contribution is 0.555. The molecule has 2 nitrogen and oxygen atoms in total. The van der Waals surface area contributed by atoms with Crippen molar-refractivity contribution in [3.63, 3.8) is 0 Å². The maximum Gasteiger partial charge on any atom is 0.0701 e. The molecule has 0 aliphatic rings. The fourth-order valence-corrected chi connectivity index (χ4v) is 3.42. The predicted octanol–water partition coefficient (Wildman–Crippen LogP) is 4.02. The monoisotopic (exact) mass is 374 g/mol. The van der Waals surface area contributed by atoms with Crippen LogP contribution in [-0.2, 0) is 6.42 Å². The number of hydrogen-bond acceptors (Lipinski definition) is 3. The fraction of sp³-hybridized carbons (Fsp3) is 0.167. The van der Waals surface area contributed by atoms with Crippen LogP contribution >= 0.6 is 43.2 Å². The highest BCUT2D eigenvalue weighted by atomic mass is 79.9. The third kappa shape index (κ3) is 3.63. The van der Waals surface area contributed by atoms with Crippen molar-refractivity contribution in [2.45, 2.75) is 12.5 Å². The zero-order valence-electron chi connectivity index (χ0n) is 8.99. The van der Waals surface area contributed by atoms with Crippen LogP contribution in [0.3, 0.4) is 0 Å². The smallest absolute Gasteiger partial charge is 0.0701 e. The molecular weight excluding hydrogens is 364 g/mol. The summed E-state index contributed by atoms with van der Waals surface area (Å²) in [6.07, 6.45) is 0.897. The Kier molecular flexibility index (Phi) is 4.76. The third-order valence-electron chi connectivity index (χ3n) is 2.51. The van der Waals surface area contributed by atoms with Crippen LogP contribution in [0.25, 0.3) is 0 Å². The van der Waals surface area contributed by atoms with Gasteiger partial charge in [-0.2, -0.15) is 0 Å². The highest BCUT2D eigenvalue weighted by Crippen LogP contribution is 2.27. The Bertz CT molecular complexity index is 482. The van der Waals surface area contributed by atoms with Crippen molar-refractivity contribution in [2.24, 2.45) is 5.84 Å². The number of rotatable bonds is 4. The first kappa shape index (κ1) is 13.2. The number of hydrazine groups is 1. The van der Waals surface area contributed by atoms with Gasteiger partial charge in [-0.05, 0) is 45.8 Å². The minimum Gasteiger partial charge on any atom is -0.271 e. The Labute approximate surface area is 121 Å². The molecule has 90 valence electrons. The maximum absolute atomic E-state index is 5.63. The molecule has 0 bridgehead atoms. The number of benzene rings is 1. The van der Waals surface area contributed by atoms with E-state index < -0.39 is 0 Å². The predicted molar refractivity (Wildman–Crippen MR) is 79.9 cm³/mol. The molecule has 1 heterocycles. The standard InChI is InChI=1S/C12H12Br2N2S/c13-9-3-1-8(2-4-9)11(16-15)7-10-5-6-12(14)17-10/h1-6,11,16H,7,15H2. The molecule has 1 atom stereocenters. The lowest BCUT2D eigenvalue weighted by Crippen LogP contribution is -2.29. The Morgan fingerprint density at radius 3 is 2.35 bits per heavy atom. The molecular formula is C12H12Br2N2S. The van der Waals surface area contributed by atoms with Gasteiger partial charge in [-0.3, -0.25) is 11.3 Å². The van der Waals surface area contributed by atoms with E-state index in [9.17, 15) is 0 Å². The van der Waals surface area contributed by atoms with Gasteiger partial charge >= 0.3 is 0 Å². The molecule has 1 unspecified atom stereocenters. The molecule has 2 rings (SSSR count). The molecule has 2 aromatic rings. The fourth-order valence-electron chi connectivity index (χ4n) is 1.63. The van der Waals surface area contributed by atoms with Crippen LogP contribution in [0.15, 0.2) is 44.7 Å². The van der Waals surface area contributed by atoms with Crippen molar-refractivity contribution in [3.05, 3.63) is 55.1 Å². The van der Waals surface area contributed by atoms with Gasteiger partial charge in [0.1, 0.15) is 0 Å². The van der Waals surface area contributed by atoms with E-state index in [1.165, 1.54) is 10.4 Å². The van der Waals surface area contributed by atoms with Crippen LogP contribution in [0.5, 0.6) is 0 Å². The van der Waals surface area contributed by atoms with Crippen LogP contribution in [-0.4, -0.2) is 0 Å². The molecule has 3 N–H and O–H groups in total. The van der Waals surface area contributed by atoms with E-state index in [2.05, 4.69) is 61.6 Å². The number of halogens is 2. The van der Waals surface area contributed by atoms with Gasteiger partial charge in [-0.25, -0.2) is 0 Å². The second kappa shape index (κ2) is 6.11. The van der Waals surface area contributed by atoms with Gasteiger partial charge in [0, 0.05) is 15.8 Å². The normalized spacial score (nSPS) is 12.6. The second-order valence-electron chi connectivity index (χ2n) is 3.68.